The summed E-state index contributed by atoms with van der Waals surface area (Å²) in [4.78, 5) is 34.8. The van der Waals surface area contributed by atoms with Crippen LogP contribution in [-0.2, 0) is 14.2 Å². The third-order valence-corrected chi connectivity index (χ3v) is 8.95. The van der Waals surface area contributed by atoms with Gasteiger partial charge in [0.05, 0.1) is 29.4 Å². The van der Waals surface area contributed by atoms with E-state index < -0.39 is 5.60 Å². The predicted molar refractivity (Wildman–Crippen MR) is 164 cm³/mol. The number of benzene rings is 1. The van der Waals surface area contributed by atoms with Crippen molar-refractivity contribution in [2.75, 3.05) is 26.8 Å². The Bertz CT molecular complexity index is 1560. The van der Waals surface area contributed by atoms with Crippen molar-refractivity contribution in [1.82, 2.24) is 24.5 Å². The largest absolute Gasteiger partial charge is 0.449 e. The molecule has 1 saturated carbocycles. The van der Waals surface area contributed by atoms with Gasteiger partial charge in [-0.15, -0.1) is 0 Å². The monoisotopic (exact) mass is 605 g/mol. The molecule has 236 valence electrons. The molecule has 11 heteroatoms. The van der Waals surface area contributed by atoms with Crippen LogP contribution in [0.1, 0.15) is 88.7 Å². The van der Waals surface area contributed by atoms with Crippen molar-refractivity contribution < 1.29 is 28.3 Å². The number of amides is 2. The number of aromatic nitrogens is 3. The lowest BCUT2D eigenvalue weighted by atomic mass is 9.92. The van der Waals surface area contributed by atoms with Crippen molar-refractivity contribution in [3.8, 4) is 11.1 Å². The smallest absolute Gasteiger partial charge is 0.414 e. The number of hydrogen-bond acceptors (Lipinski definition) is 8. The fourth-order valence-corrected chi connectivity index (χ4v) is 6.84. The minimum Gasteiger partial charge on any atom is -0.449 e. The maximum atomic E-state index is 13.4. The van der Waals surface area contributed by atoms with E-state index in [4.69, 9.17) is 23.7 Å². The van der Waals surface area contributed by atoms with Crippen LogP contribution >= 0.6 is 0 Å². The zero-order chi connectivity index (χ0) is 31.2. The highest BCUT2D eigenvalue weighted by Gasteiger charge is 2.39. The Kier molecular flexibility index (Phi) is 8.17. The van der Waals surface area contributed by atoms with Crippen LogP contribution in [-0.4, -0.2) is 75.2 Å². The highest BCUT2D eigenvalue weighted by atomic mass is 16.6. The Morgan fingerprint density at radius 2 is 1.86 bits per heavy atom. The van der Waals surface area contributed by atoms with Crippen molar-refractivity contribution in [2.24, 2.45) is 0 Å². The van der Waals surface area contributed by atoms with E-state index in [0.29, 0.717) is 32.5 Å². The first-order valence-electron chi connectivity index (χ1n) is 15.6. The number of hydrogen-bond donors (Lipinski definition) is 0. The summed E-state index contributed by atoms with van der Waals surface area (Å²) in [6, 6.07) is 6.28. The molecule has 0 bridgehead atoms. The molecule has 11 nitrogen and oxygen atoms in total. The fraction of sp³-hybridized carbons (Fsp3) is 0.576. The summed E-state index contributed by atoms with van der Waals surface area (Å²) in [5.74, 6) is 1.63. The highest BCUT2D eigenvalue weighted by molar-refractivity contribution is 5.84. The fourth-order valence-electron chi connectivity index (χ4n) is 6.84. The number of rotatable bonds is 5. The molecule has 2 fully saturated rings. The molecule has 0 unspecified atom stereocenters. The second-order valence-electron chi connectivity index (χ2n) is 13.1. The van der Waals surface area contributed by atoms with Gasteiger partial charge in [0.25, 0.3) is 0 Å². The van der Waals surface area contributed by atoms with Crippen molar-refractivity contribution >= 4 is 23.2 Å². The van der Waals surface area contributed by atoms with Crippen molar-refractivity contribution in [1.29, 1.82) is 0 Å². The second kappa shape index (κ2) is 11.9. The molecule has 2 aliphatic heterocycles. The molecule has 3 aromatic rings. The average Bonchev–Trinajstić information content (AvgIpc) is 3.54. The standard InChI is InChI=1S/C33H43N5O6/c1-20-29(21(2)44-35-20)22-7-12-27-26(19-22)34-30(37(27)23-8-10-25(41-6)11-9-23)28-15-18-42-32(40)38(28)24-13-16-36(17-14-24)31(39)43-33(3,4)5/h7,12-13,19,23,25,28H,8-11,14-18H2,1-6H3/t23?,25?,28-/m0/s1. The molecule has 0 radical (unpaired) electrons. The number of imidazole rings is 1. The Labute approximate surface area is 258 Å². The quantitative estimate of drug-likeness (QED) is 0.311. The second-order valence-corrected chi connectivity index (χ2v) is 13.1. The number of fused-ring (bicyclic) bond motifs is 1. The SMILES string of the molecule is COC1CCC(n2c([C@@H]3CCOC(=O)N3C3=CCN(C(=O)OC(C)(C)C)CC3)nc3cc(-c4c(C)noc4C)ccc32)CC1. The molecule has 2 aromatic heterocycles. The van der Waals surface area contributed by atoms with Crippen LogP contribution in [0.5, 0.6) is 0 Å². The summed E-state index contributed by atoms with van der Waals surface area (Å²) >= 11 is 0. The lowest BCUT2D eigenvalue weighted by Gasteiger charge is -2.40. The molecule has 2 amide bonds. The summed E-state index contributed by atoms with van der Waals surface area (Å²) in [7, 11) is 1.78. The summed E-state index contributed by atoms with van der Waals surface area (Å²) in [5, 5.41) is 4.15. The maximum absolute atomic E-state index is 13.4. The van der Waals surface area contributed by atoms with Gasteiger partial charge in [-0.3, -0.25) is 4.90 Å². The highest BCUT2D eigenvalue weighted by Crippen LogP contribution is 2.41. The van der Waals surface area contributed by atoms with Crippen LogP contribution in [0, 0.1) is 13.8 Å². The van der Waals surface area contributed by atoms with E-state index in [9.17, 15) is 9.59 Å². The van der Waals surface area contributed by atoms with E-state index in [1.165, 1.54) is 0 Å². The third kappa shape index (κ3) is 5.81. The zero-order valence-electron chi connectivity index (χ0n) is 26.6. The lowest BCUT2D eigenvalue weighted by Crippen LogP contribution is -2.45. The van der Waals surface area contributed by atoms with Gasteiger partial charge in [-0.2, -0.15) is 0 Å². The molecule has 0 spiro atoms. The number of carbonyl (C=O) groups is 2. The van der Waals surface area contributed by atoms with Gasteiger partial charge < -0.3 is 28.2 Å². The van der Waals surface area contributed by atoms with Gasteiger partial charge in [-0.25, -0.2) is 14.6 Å². The van der Waals surface area contributed by atoms with Crippen molar-refractivity contribution in [2.45, 2.75) is 96.9 Å². The van der Waals surface area contributed by atoms with Gasteiger partial charge in [-0.05, 0) is 84.1 Å². The summed E-state index contributed by atoms with van der Waals surface area (Å²) in [6.07, 6.45) is 6.48. The number of aryl methyl sites for hydroxylation is 2. The molecule has 1 saturated heterocycles. The summed E-state index contributed by atoms with van der Waals surface area (Å²) in [6.45, 7) is 10.6. The van der Waals surface area contributed by atoms with E-state index in [2.05, 4.69) is 27.9 Å². The van der Waals surface area contributed by atoms with Crippen LogP contribution in [0.3, 0.4) is 0 Å². The molecule has 1 atom stereocenters. The molecule has 1 aromatic carbocycles. The molecule has 0 N–H and O–H groups in total. The lowest BCUT2D eigenvalue weighted by molar-refractivity contribution is 0.0243. The van der Waals surface area contributed by atoms with Crippen molar-refractivity contribution in [3.05, 3.63) is 47.3 Å². The number of nitrogens with zero attached hydrogens (tertiary/aromatic N) is 5. The first-order valence-corrected chi connectivity index (χ1v) is 15.6. The van der Waals surface area contributed by atoms with Crippen LogP contribution in [0.4, 0.5) is 9.59 Å². The summed E-state index contributed by atoms with van der Waals surface area (Å²) in [5.41, 5.74) is 5.01. The van der Waals surface area contributed by atoms with Gasteiger partial charge >= 0.3 is 12.2 Å². The first-order chi connectivity index (χ1) is 21.0. The average molecular weight is 606 g/mol. The van der Waals surface area contributed by atoms with Crippen LogP contribution < -0.4 is 0 Å². The van der Waals surface area contributed by atoms with Crippen LogP contribution in [0.25, 0.3) is 22.2 Å². The normalized spacial score (nSPS) is 23.1. The first kappa shape index (κ1) is 30.2. The molecule has 44 heavy (non-hydrogen) atoms. The van der Waals surface area contributed by atoms with E-state index >= 15 is 0 Å². The number of methoxy groups -OCH3 is 1. The molecule has 3 aliphatic rings. The van der Waals surface area contributed by atoms with Gasteiger partial charge in [0.2, 0.25) is 0 Å². The Morgan fingerprint density at radius 1 is 1.09 bits per heavy atom. The summed E-state index contributed by atoms with van der Waals surface area (Å²) < 4.78 is 24.7. The topological polar surface area (TPSA) is 112 Å². The molecule has 4 heterocycles. The van der Waals surface area contributed by atoms with Gasteiger partial charge in [0.1, 0.15) is 23.2 Å². The maximum Gasteiger partial charge on any atom is 0.414 e. The Balaban J connectivity index is 1.38. The van der Waals surface area contributed by atoms with Crippen LogP contribution in [0.15, 0.2) is 34.5 Å². The number of ether oxygens (including phenoxy) is 3. The minimum atomic E-state index is -0.574. The molecule has 1 aliphatic carbocycles. The third-order valence-electron chi connectivity index (χ3n) is 8.95. The molecular formula is C33H43N5O6. The molecular weight excluding hydrogens is 562 g/mol. The minimum absolute atomic E-state index is 0.231. The van der Waals surface area contributed by atoms with Gasteiger partial charge in [0, 0.05) is 50.3 Å². The molecule has 6 rings (SSSR count). The zero-order valence-corrected chi connectivity index (χ0v) is 26.6. The predicted octanol–water partition coefficient (Wildman–Crippen LogP) is 6.85. The van der Waals surface area contributed by atoms with E-state index in [1.54, 1.807) is 16.9 Å². The van der Waals surface area contributed by atoms with Gasteiger partial charge in [0.15, 0.2) is 0 Å². The Hall–Kier alpha value is -3.86. The van der Waals surface area contributed by atoms with Crippen LogP contribution in [0.2, 0.25) is 0 Å². The van der Waals surface area contributed by atoms with E-state index in [-0.39, 0.29) is 30.4 Å². The van der Waals surface area contributed by atoms with Crippen molar-refractivity contribution in [3.63, 3.8) is 0 Å². The number of carbonyl (C=O) groups excluding carboxylic acids is 2. The van der Waals surface area contributed by atoms with E-state index in [0.717, 1.165) is 70.8 Å². The Morgan fingerprint density at radius 3 is 2.50 bits per heavy atom. The van der Waals surface area contributed by atoms with Gasteiger partial charge in [-0.1, -0.05) is 11.2 Å². The number of cyclic esters (lactones) is 1. The van der Waals surface area contributed by atoms with E-state index in [1.807, 2.05) is 40.7 Å².